The molecule has 9 N–H and O–H groups in total. The maximum Gasteiger partial charge on any atom is 0.295 e. The van der Waals surface area contributed by atoms with E-state index in [2.05, 4.69) is 36.5 Å². The molecule has 0 saturated carbocycles. The van der Waals surface area contributed by atoms with Crippen molar-refractivity contribution in [2.45, 2.75) is 67.5 Å². The Morgan fingerprint density at radius 3 is 2.24 bits per heavy atom. The summed E-state index contributed by atoms with van der Waals surface area (Å²) < 4.78 is 57.5. The highest BCUT2D eigenvalue weighted by atomic mass is 32.2. The molecule has 366 valence electrons. The van der Waals surface area contributed by atoms with Crippen molar-refractivity contribution in [1.29, 1.82) is 0 Å². The minimum absolute atomic E-state index is 0.0774. The number of hydrogen-bond donors (Lipinski definition) is 9. The van der Waals surface area contributed by atoms with E-state index in [0.29, 0.717) is 33.7 Å². The monoisotopic (exact) mass is 965 g/mol. The van der Waals surface area contributed by atoms with Gasteiger partial charge in [0.05, 0.1) is 57.1 Å². The number of hydrogen-bond acceptors (Lipinski definition) is 19. The topological polar surface area (TPSA) is 321 Å². The van der Waals surface area contributed by atoms with Crippen molar-refractivity contribution in [3.8, 4) is 0 Å². The Morgan fingerprint density at radius 1 is 0.882 bits per heavy atom. The second-order valence-electron chi connectivity index (χ2n) is 15.9. The van der Waals surface area contributed by atoms with Gasteiger partial charge in [-0.15, -0.1) is 5.10 Å². The molecular weight excluding hydrogens is 911 g/mol. The van der Waals surface area contributed by atoms with E-state index in [4.69, 9.17) is 18.9 Å². The number of amides is 2. The first kappa shape index (κ1) is 51.4. The molecule has 1 aliphatic rings. The fraction of sp³-hybridized carbons (Fsp3) is 0.409. The van der Waals surface area contributed by atoms with Crippen LogP contribution in [0.15, 0.2) is 106 Å². The Labute approximate surface area is 391 Å². The van der Waals surface area contributed by atoms with Crippen LogP contribution in [-0.4, -0.2) is 162 Å². The predicted molar refractivity (Wildman–Crippen MR) is 244 cm³/mol. The van der Waals surface area contributed by atoms with Crippen LogP contribution in [0.5, 0.6) is 0 Å². The predicted octanol–water partition coefficient (Wildman–Crippen LogP) is 1.24. The second kappa shape index (κ2) is 23.3. The fourth-order valence-corrected chi connectivity index (χ4v) is 7.55. The molecule has 0 bridgehead atoms. The molecule has 0 aliphatic carbocycles. The highest BCUT2D eigenvalue weighted by Crippen LogP contribution is 2.30. The van der Waals surface area contributed by atoms with Gasteiger partial charge in [-0.2, -0.15) is 18.6 Å². The zero-order valence-corrected chi connectivity index (χ0v) is 38.1. The quantitative estimate of drug-likeness (QED) is 0.0192. The second-order valence-corrected chi connectivity index (χ2v) is 17.3. The number of rotatable bonds is 23. The summed E-state index contributed by atoms with van der Waals surface area (Å²) in [5, 5.41) is 78.2. The molecular formula is C44H55N9O14S. The smallest absolute Gasteiger partial charge is 0.295 e. The lowest BCUT2D eigenvalue weighted by Gasteiger charge is -2.42. The molecule has 1 saturated heterocycles. The first-order valence-electron chi connectivity index (χ1n) is 21.3. The van der Waals surface area contributed by atoms with Crippen LogP contribution >= 0.6 is 0 Å². The third-order valence-electron chi connectivity index (χ3n) is 10.7. The Kier molecular flexibility index (Phi) is 17.6. The van der Waals surface area contributed by atoms with Crippen LogP contribution in [-0.2, 0) is 46.9 Å². The van der Waals surface area contributed by atoms with Crippen LogP contribution in [0.25, 0.3) is 10.8 Å². The largest absolute Gasteiger partial charge is 0.394 e. The molecule has 0 spiro atoms. The first-order chi connectivity index (χ1) is 32.5. The molecule has 1 aliphatic heterocycles. The van der Waals surface area contributed by atoms with Crippen LogP contribution in [0.1, 0.15) is 23.0 Å². The molecule has 24 heteroatoms. The number of carbonyl (C=O) groups excluding carboxylic acids is 2. The Hall–Kier alpha value is -6.03. The standard InChI is InChI=1S/C44H55N9O14S/c1-44(60,42(59)46-19-18-45-34-8-4-7-33-32(34)6-5-9-36(33)68(61,62)63)43(67-41-39(57)38(56)37(55)35(26-54)66-41)65-23-22-64-21-20-53-25-30(50-51-53)24-47-40(58)27-10-12-28(13-11-27)48-49-29-14-16-31(17-15-29)52(2)3/h4-17,25,35,37-39,41,43,45,54-57,60H,18-24,26H2,1-3H3,(H,46,59)(H,47,58)(H,61,62,63)/t35-,37+,38+,39-,41+,43-,44+/m1/s1. The van der Waals surface area contributed by atoms with Crippen LogP contribution in [0.4, 0.5) is 22.7 Å². The van der Waals surface area contributed by atoms with E-state index in [0.717, 1.165) is 12.6 Å². The number of carbonyl (C=O) groups is 2. The average Bonchev–Trinajstić information content (AvgIpc) is 3.79. The number of aliphatic hydroxyl groups is 5. The van der Waals surface area contributed by atoms with Gasteiger partial charge in [0.25, 0.3) is 21.9 Å². The van der Waals surface area contributed by atoms with Crippen LogP contribution in [0, 0.1) is 0 Å². The highest BCUT2D eigenvalue weighted by Gasteiger charge is 2.49. The number of azo groups is 1. The zero-order valence-electron chi connectivity index (χ0n) is 37.3. The molecule has 2 heterocycles. The highest BCUT2D eigenvalue weighted by molar-refractivity contribution is 7.86. The van der Waals surface area contributed by atoms with E-state index in [9.17, 15) is 48.1 Å². The molecule has 4 aromatic carbocycles. The van der Waals surface area contributed by atoms with Gasteiger partial charge in [-0.3, -0.25) is 14.1 Å². The van der Waals surface area contributed by atoms with Crippen molar-refractivity contribution in [3.05, 3.63) is 102 Å². The van der Waals surface area contributed by atoms with Gasteiger partial charge in [0.1, 0.15) is 35.0 Å². The molecule has 7 atom stereocenters. The summed E-state index contributed by atoms with van der Waals surface area (Å²) in [7, 11) is -0.598. The minimum atomic E-state index is -4.50. The van der Waals surface area contributed by atoms with Crippen LogP contribution in [0.3, 0.4) is 0 Å². The fourth-order valence-electron chi connectivity index (χ4n) is 6.84. The van der Waals surface area contributed by atoms with E-state index >= 15 is 0 Å². The molecule has 0 radical (unpaired) electrons. The first-order valence-corrected chi connectivity index (χ1v) is 22.8. The van der Waals surface area contributed by atoms with E-state index in [1.165, 1.54) is 22.9 Å². The summed E-state index contributed by atoms with van der Waals surface area (Å²) in [6, 6.07) is 23.4. The van der Waals surface area contributed by atoms with Gasteiger partial charge >= 0.3 is 0 Å². The molecule has 1 aromatic heterocycles. The van der Waals surface area contributed by atoms with Crippen molar-refractivity contribution in [2.24, 2.45) is 10.2 Å². The summed E-state index contributed by atoms with van der Waals surface area (Å²) in [5.74, 6) is -1.32. The van der Waals surface area contributed by atoms with Crippen molar-refractivity contribution in [3.63, 3.8) is 0 Å². The third-order valence-corrected chi connectivity index (χ3v) is 11.6. The van der Waals surface area contributed by atoms with Gasteiger partial charge in [-0.05, 0) is 67.6 Å². The third kappa shape index (κ3) is 13.4. The van der Waals surface area contributed by atoms with Gasteiger partial charge in [-0.25, -0.2) is 4.68 Å². The van der Waals surface area contributed by atoms with E-state index < -0.39 is 65.2 Å². The zero-order chi connectivity index (χ0) is 49.0. The molecule has 23 nitrogen and oxygen atoms in total. The summed E-state index contributed by atoms with van der Waals surface area (Å²) in [4.78, 5) is 28.0. The van der Waals surface area contributed by atoms with E-state index in [1.54, 1.807) is 48.7 Å². The summed E-state index contributed by atoms with van der Waals surface area (Å²) in [6.45, 7) is 0.412. The average molecular weight is 966 g/mol. The normalized spacial score (nSPS) is 19.9. The Bertz CT molecular complexity index is 2600. The van der Waals surface area contributed by atoms with Crippen molar-refractivity contribution in [1.82, 2.24) is 25.6 Å². The summed E-state index contributed by atoms with van der Waals surface area (Å²) in [5.41, 5.74) is 1.23. The van der Waals surface area contributed by atoms with Gasteiger partial charge in [-0.1, -0.05) is 29.5 Å². The van der Waals surface area contributed by atoms with Crippen molar-refractivity contribution in [2.75, 3.05) is 63.8 Å². The number of nitrogens with zero attached hydrogens (tertiary/aromatic N) is 6. The molecule has 2 amide bonds. The van der Waals surface area contributed by atoms with Crippen molar-refractivity contribution < 1.29 is 67.0 Å². The maximum atomic E-state index is 13.4. The molecule has 5 aromatic rings. The number of anilines is 2. The lowest BCUT2D eigenvalue weighted by atomic mass is 9.99. The Balaban J connectivity index is 0.968. The Morgan fingerprint density at radius 2 is 1.56 bits per heavy atom. The number of aromatic nitrogens is 3. The van der Waals surface area contributed by atoms with E-state index in [-0.39, 0.29) is 62.2 Å². The van der Waals surface area contributed by atoms with Crippen LogP contribution < -0.4 is 20.9 Å². The number of nitrogens with one attached hydrogen (secondary N) is 3. The van der Waals surface area contributed by atoms with Crippen LogP contribution in [0.2, 0.25) is 0 Å². The summed E-state index contributed by atoms with van der Waals surface area (Å²) >= 11 is 0. The van der Waals surface area contributed by atoms with Gasteiger partial charge in [0.2, 0.25) is 0 Å². The minimum Gasteiger partial charge on any atom is -0.394 e. The van der Waals surface area contributed by atoms with Gasteiger partial charge in [0.15, 0.2) is 18.2 Å². The lowest BCUT2D eigenvalue weighted by molar-refractivity contribution is -0.355. The van der Waals surface area contributed by atoms with Gasteiger partial charge < -0.3 is 65.3 Å². The SMILES string of the molecule is CN(C)c1ccc(N=Nc2ccc(C(=O)NCc3cn(CCOCCO[C@H](O[C@@H]4O[C@H](CO)[C@H](O)[C@H](O)[C@H]4O)[C@@](C)(O)C(=O)NCCNc4cccc5c(S(=O)(=O)O)cccc45)nn3)cc2)cc1. The van der Waals surface area contributed by atoms with Gasteiger partial charge in [0, 0.05) is 54.9 Å². The number of fused-ring (bicyclic) bond motifs is 1. The molecule has 68 heavy (non-hydrogen) atoms. The summed E-state index contributed by atoms with van der Waals surface area (Å²) in [6.07, 6.45) is -8.78. The number of ether oxygens (including phenoxy) is 4. The molecule has 0 unspecified atom stereocenters. The number of benzene rings is 4. The van der Waals surface area contributed by atoms with Crippen molar-refractivity contribution >= 4 is 55.5 Å². The maximum absolute atomic E-state index is 13.4. The molecule has 1 fully saturated rings. The molecule has 6 rings (SSSR count). The van der Waals surface area contributed by atoms with E-state index in [1.807, 2.05) is 43.3 Å². The lowest BCUT2D eigenvalue weighted by Crippen LogP contribution is -2.62. The number of aliphatic hydroxyl groups excluding tert-OH is 4.